The van der Waals surface area contributed by atoms with Crippen LogP contribution in [0.15, 0.2) is 12.1 Å². The standard InChI is InChI=1S/C9H8F3NO2/c1-4(14)5-2-7(13)8(15)3-6(5)9(10,11)12/h2-3,15H,13H2,1H3. The Bertz CT molecular complexity index is 413. The van der Waals surface area contributed by atoms with Crippen molar-refractivity contribution >= 4 is 11.5 Å². The molecule has 0 fully saturated rings. The van der Waals surface area contributed by atoms with Crippen LogP contribution in [-0.2, 0) is 6.18 Å². The summed E-state index contributed by atoms with van der Waals surface area (Å²) < 4.78 is 37.2. The average molecular weight is 219 g/mol. The van der Waals surface area contributed by atoms with Crippen LogP contribution < -0.4 is 5.73 Å². The number of carbonyl (C=O) groups excluding carboxylic acids is 1. The van der Waals surface area contributed by atoms with Gasteiger partial charge in [0.25, 0.3) is 0 Å². The van der Waals surface area contributed by atoms with Crippen LogP contribution in [0.1, 0.15) is 22.8 Å². The van der Waals surface area contributed by atoms with E-state index in [0.717, 1.165) is 13.0 Å². The number of ketones is 1. The highest BCUT2D eigenvalue weighted by Crippen LogP contribution is 2.36. The van der Waals surface area contributed by atoms with E-state index in [-0.39, 0.29) is 5.69 Å². The van der Waals surface area contributed by atoms with Gasteiger partial charge in [-0.15, -0.1) is 0 Å². The summed E-state index contributed by atoms with van der Waals surface area (Å²) in [4.78, 5) is 10.9. The fourth-order valence-electron chi connectivity index (χ4n) is 1.13. The van der Waals surface area contributed by atoms with Crippen molar-refractivity contribution in [2.24, 2.45) is 0 Å². The number of nitrogen functional groups attached to an aromatic ring is 1. The normalized spacial score (nSPS) is 11.5. The van der Waals surface area contributed by atoms with Gasteiger partial charge in [0.1, 0.15) is 5.75 Å². The van der Waals surface area contributed by atoms with Crippen LogP contribution in [0.25, 0.3) is 0 Å². The number of halogens is 3. The lowest BCUT2D eigenvalue weighted by molar-refractivity contribution is -0.138. The minimum Gasteiger partial charge on any atom is -0.506 e. The molecule has 0 radical (unpaired) electrons. The Kier molecular flexibility index (Phi) is 2.61. The number of hydrogen-bond acceptors (Lipinski definition) is 3. The van der Waals surface area contributed by atoms with E-state index < -0.39 is 28.8 Å². The van der Waals surface area contributed by atoms with Gasteiger partial charge in [-0.05, 0) is 19.1 Å². The summed E-state index contributed by atoms with van der Waals surface area (Å²) in [6.45, 7) is 1.00. The van der Waals surface area contributed by atoms with Crippen molar-refractivity contribution < 1.29 is 23.1 Å². The van der Waals surface area contributed by atoms with Crippen molar-refractivity contribution in [3.05, 3.63) is 23.3 Å². The first-order chi connectivity index (χ1) is 6.73. The van der Waals surface area contributed by atoms with Gasteiger partial charge in [-0.2, -0.15) is 13.2 Å². The third-order valence-corrected chi connectivity index (χ3v) is 1.85. The number of nitrogens with two attached hydrogens (primary N) is 1. The first-order valence-electron chi connectivity index (χ1n) is 3.94. The number of carbonyl (C=O) groups is 1. The topological polar surface area (TPSA) is 63.3 Å². The van der Waals surface area contributed by atoms with Gasteiger partial charge in [-0.1, -0.05) is 0 Å². The van der Waals surface area contributed by atoms with E-state index in [1.807, 2.05) is 0 Å². The lowest BCUT2D eigenvalue weighted by Crippen LogP contribution is -2.12. The van der Waals surface area contributed by atoms with Crippen molar-refractivity contribution in [2.45, 2.75) is 13.1 Å². The fraction of sp³-hybridized carbons (Fsp3) is 0.222. The van der Waals surface area contributed by atoms with E-state index in [0.29, 0.717) is 6.07 Å². The molecule has 0 unspecified atom stereocenters. The molecule has 0 saturated carbocycles. The van der Waals surface area contributed by atoms with Gasteiger partial charge in [0.05, 0.1) is 11.3 Å². The van der Waals surface area contributed by atoms with Gasteiger partial charge in [0.15, 0.2) is 5.78 Å². The fourth-order valence-corrected chi connectivity index (χ4v) is 1.13. The van der Waals surface area contributed by atoms with Gasteiger partial charge in [0.2, 0.25) is 0 Å². The van der Waals surface area contributed by atoms with Crippen LogP contribution in [0.5, 0.6) is 5.75 Å². The van der Waals surface area contributed by atoms with E-state index >= 15 is 0 Å². The van der Waals surface area contributed by atoms with E-state index in [2.05, 4.69) is 0 Å². The second-order valence-electron chi connectivity index (χ2n) is 3.01. The van der Waals surface area contributed by atoms with Crippen LogP contribution in [0.3, 0.4) is 0 Å². The SMILES string of the molecule is CC(=O)c1cc(N)c(O)cc1C(F)(F)F. The van der Waals surface area contributed by atoms with Gasteiger partial charge in [-0.25, -0.2) is 0 Å². The number of benzene rings is 1. The quantitative estimate of drug-likeness (QED) is 0.432. The number of phenolic OH excluding ortho intramolecular Hbond substituents is 1. The number of aromatic hydroxyl groups is 1. The molecule has 1 aromatic carbocycles. The Labute approximate surface area is 83.3 Å². The van der Waals surface area contributed by atoms with Crippen LogP contribution in [0.2, 0.25) is 0 Å². The summed E-state index contributed by atoms with van der Waals surface area (Å²) in [5.41, 5.74) is 3.22. The summed E-state index contributed by atoms with van der Waals surface area (Å²) in [5.74, 6) is -1.44. The van der Waals surface area contributed by atoms with E-state index in [4.69, 9.17) is 10.8 Å². The smallest absolute Gasteiger partial charge is 0.417 e. The van der Waals surface area contributed by atoms with Crippen LogP contribution >= 0.6 is 0 Å². The Morgan fingerprint density at radius 1 is 1.40 bits per heavy atom. The first-order valence-corrected chi connectivity index (χ1v) is 3.94. The van der Waals surface area contributed by atoms with Crippen molar-refractivity contribution in [1.82, 2.24) is 0 Å². The molecule has 3 N–H and O–H groups in total. The van der Waals surface area contributed by atoms with Crippen molar-refractivity contribution in [3.8, 4) is 5.75 Å². The zero-order valence-electron chi connectivity index (χ0n) is 7.72. The zero-order valence-corrected chi connectivity index (χ0v) is 7.72. The summed E-state index contributed by atoms with van der Waals surface area (Å²) in [6, 6.07) is 1.27. The Balaban J connectivity index is 3.49. The molecule has 0 aliphatic heterocycles. The van der Waals surface area contributed by atoms with E-state index in [1.165, 1.54) is 0 Å². The lowest BCUT2D eigenvalue weighted by atomic mass is 10.0. The monoisotopic (exact) mass is 219 g/mol. The average Bonchev–Trinajstić information content (AvgIpc) is 2.06. The molecule has 0 bridgehead atoms. The molecule has 0 aromatic heterocycles. The molecule has 1 rings (SSSR count). The minimum atomic E-state index is -4.69. The van der Waals surface area contributed by atoms with Crippen molar-refractivity contribution in [3.63, 3.8) is 0 Å². The largest absolute Gasteiger partial charge is 0.506 e. The summed E-state index contributed by atoms with van der Waals surface area (Å²) in [7, 11) is 0. The van der Waals surface area contributed by atoms with E-state index in [1.54, 1.807) is 0 Å². The Morgan fingerprint density at radius 2 is 1.93 bits per heavy atom. The molecular formula is C9H8F3NO2. The highest BCUT2D eigenvalue weighted by molar-refractivity contribution is 5.97. The summed E-state index contributed by atoms with van der Waals surface area (Å²) >= 11 is 0. The number of Topliss-reactive ketones (excluding diaryl/α,β-unsaturated/α-hetero) is 1. The Hall–Kier alpha value is -1.72. The van der Waals surface area contributed by atoms with Gasteiger partial charge < -0.3 is 10.8 Å². The van der Waals surface area contributed by atoms with Crippen LogP contribution in [-0.4, -0.2) is 10.9 Å². The zero-order chi connectivity index (χ0) is 11.8. The third-order valence-electron chi connectivity index (χ3n) is 1.85. The number of hydrogen-bond donors (Lipinski definition) is 2. The molecule has 3 nitrogen and oxygen atoms in total. The molecule has 0 spiro atoms. The predicted octanol–water partition coefficient (Wildman–Crippen LogP) is 2.20. The third kappa shape index (κ3) is 2.20. The highest BCUT2D eigenvalue weighted by atomic mass is 19.4. The van der Waals surface area contributed by atoms with Gasteiger partial charge in [0, 0.05) is 5.56 Å². The van der Waals surface area contributed by atoms with Gasteiger partial charge in [-0.3, -0.25) is 4.79 Å². The second kappa shape index (κ2) is 3.45. The first kappa shape index (κ1) is 11.4. The van der Waals surface area contributed by atoms with Crippen LogP contribution in [0.4, 0.5) is 18.9 Å². The van der Waals surface area contributed by atoms with Crippen molar-refractivity contribution in [2.75, 3.05) is 5.73 Å². The molecule has 0 atom stereocenters. The molecule has 0 aliphatic carbocycles. The summed E-state index contributed by atoms with van der Waals surface area (Å²) in [6.07, 6.45) is -4.69. The Morgan fingerprint density at radius 3 is 2.33 bits per heavy atom. The van der Waals surface area contributed by atoms with E-state index in [9.17, 15) is 18.0 Å². The second-order valence-corrected chi connectivity index (χ2v) is 3.01. The van der Waals surface area contributed by atoms with Crippen LogP contribution in [0, 0.1) is 0 Å². The highest BCUT2D eigenvalue weighted by Gasteiger charge is 2.35. The number of rotatable bonds is 1. The number of anilines is 1. The molecule has 15 heavy (non-hydrogen) atoms. The molecule has 0 saturated heterocycles. The minimum absolute atomic E-state index is 0.256. The molecule has 82 valence electrons. The molecule has 1 aromatic rings. The molecule has 0 aliphatic rings. The molecule has 0 heterocycles. The van der Waals surface area contributed by atoms with Gasteiger partial charge >= 0.3 is 6.18 Å². The number of phenols is 1. The molecular weight excluding hydrogens is 211 g/mol. The summed E-state index contributed by atoms with van der Waals surface area (Å²) in [5, 5.41) is 9.03. The maximum atomic E-state index is 12.4. The lowest BCUT2D eigenvalue weighted by Gasteiger charge is -2.12. The maximum absolute atomic E-state index is 12.4. The maximum Gasteiger partial charge on any atom is 0.417 e. The molecule has 0 amide bonds. The molecule has 6 heteroatoms. The predicted molar refractivity (Wildman–Crippen MR) is 47.5 cm³/mol. The number of alkyl halides is 3. The van der Waals surface area contributed by atoms with Crippen molar-refractivity contribution in [1.29, 1.82) is 0 Å².